The van der Waals surface area contributed by atoms with Crippen LogP contribution in [0.15, 0.2) is 24.3 Å². The number of nitrogens with one attached hydrogen (secondary N) is 1. The summed E-state index contributed by atoms with van der Waals surface area (Å²) < 4.78 is 0. The normalized spacial score (nSPS) is 12.2. The molecule has 1 aromatic carbocycles. The van der Waals surface area contributed by atoms with E-state index in [0.29, 0.717) is 18.2 Å². The van der Waals surface area contributed by atoms with Gasteiger partial charge in [-0.2, -0.15) is 0 Å². The molecule has 112 valence electrons. The maximum atomic E-state index is 12.1. The second-order valence-corrected chi connectivity index (χ2v) is 5.58. The SMILES string of the molecule is CCCN(CC(=O)NC(C)C(C)C)c1ccccc1N. The molecular formula is C16H27N3O. The number of hydrogen-bond acceptors (Lipinski definition) is 3. The highest BCUT2D eigenvalue weighted by molar-refractivity contribution is 5.83. The first-order valence-corrected chi connectivity index (χ1v) is 7.34. The highest BCUT2D eigenvalue weighted by atomic mass is 16.2. The van der Waals surface area contributed by atoms with E-state index in [1.807, 2.05) is 36.1 Å². The molecule has 4 nitrogen and oxygen atoms in total. The summed E-state index contributed by atoms with van der Waals surface area (Å²) in [5.41, 5.74) is 7.65. The topological polar surface area (TPSA) is 58.4 Å². The molecule has 0 aromatic heterocycles. The van der Waals surface area contributed by atoms with Gasteiger partial charge in [-0.25, -0.2) is 0 Å². The van der Waals surface area contributed by atoms with E-state index in [1.54, 1.807) is 0 Å². The van der Waals surface area contributed by atoms with Gasteiger partial charge < -0.3 is 16.0 Å². The average molecular weight is 277 g/mol. The molecule has 20 heavy (non-hydrogen) atoms. The molecule has 0 aliphatic rings. The number of amides is 1. The first kappa shape index (κ1) is 16.3. The maximum absolute atomic E-state index is 12.1. The molecule has 0 aliphatic carbocycles. The van der Waals surface area contributed by atoms with Crippen molar-refractivity contribution in [3.8, 4) is 0 Å². The number of benzene rings is 1. The predicted octanol–water partition coefficient (Wildman–Crippen LogP) is 2.65. The third-order valence-corrected chi connectivity index (χ3v) is 3.49. The van der Waals surface area contributed by atoms with Crippen molar-refractivity contribution in [1.29, 1.82) is 0 Å². The van der Waals surface area contributed by atoms with E-state index in [-0.39, 0.29) is 11.9 Å². The summed E-state index contributed by atoms with van der Waals surface area (Å²) >= 11 is 0. The number of rotatable bonds is 7. The first-order valence-electron chi connectivity index (χ1n) is 7.34. The smallest absolute Gasteiger partial charge is 0.239 e. The Morgan fingerprint density at radius 2 is 1.95 bits per heavy atom. The van der Waals surface area contributed by atoms with Crippen molar-refractivity contribution in [2.24, 2.45) is 5.92 Å². The fraction of sp³-hybridized carbons (Fsp3) is 0.562. The van der Waals surface area contributed by atoms with Gasteiger partial charge in [0.15, 0.2) is 0 Å². The summed E-state index contributed by atoms with van der Waals surface area (Å²) in [4.78, 5) is 14.2. The number of nitrogens with two attached hydrogens (primary N) is 1. The largest absolute Gasteiger partial charge is 0.397 e. The number of carbonyl (C=O) groups excluding carboxylic acids is 1. The first-order chi connectivity index (χ1) is 9.45. The van der Waals surface area contributed by atoms with Gasteiger partial charge in [-0.1, -0.05) is 32.9 Å². The number of para-hydroxylation sites is 2. The van der Waals surface area contributed by atoms with E-state index < -0.39 is 0 Å². The monoisotopic (exact) mass is 277 g/mol. The number of nitrogens with zero attached hydrogens (tertiary/aromatic N) is 1. The molecule has 0 saturated heterocycles. The molecule has 1 atom stereocenters. The molecule has 0 fully saturated rings. The summed E-state index contributed by atoms with van der Waals surface area (Å²) in [6.07, 6.45) is 0.974. The molecule has 0 spiro atoms. The Hall–Kier alpha value is -1.71. The maximum Gasteiger partial charge on any atom is 0.239 e. The van der Waals surface area contributed by atoms with Crippen LogP contribution in [-0.4, -0.2) is 25.0 Å². The zero-order valence-electron chi connectivity index (χ0n) is 13.0. The van der Waals surface area contributed by atoms with Crippen molar-refractivity contribution >= 4 is 17.3 Å². The molecule has 3 N–H and O–H groups in total. The number of nitrogen functional groups attached to an aromatic ring is 1. The molecule has 1 rings (SSSR count). The molecule has 0 saturated carbocycles. The quantitative estimate of drug-likeness (QED) is 0.753. The highest BCUT2D eigenvalue weighted by Gasteiger charge is 2.15. The van der Waals surface area contributed by atoms with Crippen molar-refractivity contribution in [3.05, 3.63) is 24.3 Å². The van der Waals surface area contributed by atoms with Gasteiger partial charge in [0.25, 0.3) is 0 Å². The van der Waals surface area contributed by atoms with Gasteiger partial charge in [-0.3, -0.25) is 4.79 Å². The van der Waals surface area contributed by atoms with Gasteiger partial charge in [0.2, 0.25) is 5.91 Å². The minimum Gasteiger partial charge on any atom is -0.397 e. The number of anilines is 2. The molecular weight excluding hydrogens is 250 g/mol. The van der Waals surface area contributed by atoms with Crippen LogP contribution in [0.1, 0.15) is 34.1 Å². The van der Waals surface area contributed by atoms with Crippen molar-refractivity contribution in [2.45, 2.75) is 40.2 Å². The zero-order chi connectivity index (χ0) is 15.1. The van der Waals surface area contributed by atoms with Crippen molar-refractivity contribution in [2.75, 3.05) is 23.7 Å². The lowest BCUT2D eigenvalue weighted by Crippen LogP contribution is -2.43. The summed E-state index contributed by atoms with van der Waals surface area (Å²) in [6.45, 7) is 9.50. The third kappa shape index (κ3) is 4.76. The second-order valence-electron chi connectivity index (χ2n) is 5.58. The predicted molar refractivity (Wildman–Crippen MR) is 85.8 cm³/mol. The minimum atomic E-state index is 0.0444. The fourth-order valence-corrected chi connectivity index (χ4v) is 1.97. The fourth-order valence-electron chi connectivity index (χ4n) is 1.97. The summed E-state index contributed by atoms with van der Waals surface area (Å²) in [7, 11) is 0. The van der Waals surface area contributed by atoms with Crippen LogP contribution in [0.2, 0.25) is 0 Å². The standard InChI is InChI=1S/C16H27N3O/c1-5-10-19(15-9-7-6-8-14(15)17)11-16(20)18-13(4)12(2)3/h6-9,12-13H,5,10-11,17H2,1-4H3,(H,18,20). The lowest BCUT2D eigenvalue weighted by Gasteiger charge is -2.26. The molecule has 1 unspecified atom stereocenters. The molecule has 4 heteroatoms. The molecule has 0 heterocycles. The zero-order valence-corrected chi connectivity index (χ0v) is 13.0. The molecule has 0 aliphatic heterocycles. The lowest BCUT2D eigenvalue weighted by molar-refractivity contribution is -0.120. The van der Waals surface area contributed by atoms with Crippen molar-refractivity contribution in [1.82, 2.24) is 5.32 Å². The van der Waals surface area contributed by atoms with E-state index in [9.17, 15) is 4.79 Å². The van der Waals surface area contributed by atoms with E-state index in [2.05, 4.69) is 26.1 Å². The van der Waals surface area contributed by atoms with Gasteiger partial charge >= 0.3 is 0 Å². The Kier molecular flexibility index (Phi) is 6.36. The lowest BCUT2D eigenvalue weighted by atomic mass is 10.1. The van der Waals surface area contributed by atoms with Gasteiger partial charge in [-0.05, 0) is 31.4 Å². The van der Waals surface area contributed by atoms with Crippen molar-refractivity contribution in [3.63, 3.8) is 0 Å². The summed E-state index contributed by atoms with van der Waals surface area (Å²) in [5, 5.41) is 3.04. The van der Waals surface area contributed by atoms with Crippen LogP contribution in [0.25, 0.3) is 0 Å². The van der Waals surface area contributed by atoms with Gasteiger partial charge in [0.1, 0.15) is 0 Å². The Morgan fingerprint density at radius 1 is 1.30 bits per heavy atom. The molecule has 1 aromatic rings. The molecule has 0 radical (unpaired) electrons. The summed E-state index contributed by atoms with van der Waals surface area (Å²) in [5.74, 6) is 0.475. The van der Waals surface area contributed by atoms with Crippen LogP contribution in [0.5, 0.6) is 0 Å². The van der Waals surface area contributed by atoms with Crippen molar-refractivity contribution < 1.29 is 4.79 Å². The summed E-state index contributed by atoms with van der Waals surface area (Å²) in [6, 6.07) is 7.86. The van der Waals surface area contributed by atoms with Crippen LogP contribution in [-0.2, 0) is 4.79 Å². The van der Waals surface area contributed by atoms with Crippen LogP contribution in [0.4, 0.5) is 11.4 Å². The van der Waals surface area contributed by atoms with Crippen LogP contribution >= 0.6 is 0 Å². The minimum absolute atomic E-state index is 0.0444. The van der Waals surface area contributed by atoms with E-state index in [4.69, 9.17) is 5.73 Å². The van der Waals surface area contributed by atoms with Gasteiger partial charge in [0.05, 0.1) is 17.9 Å². The van der Waals surface area contributed by atoms with Crippen LogP contribution in [0.3, 0.4) is 0 Å². The Labute approximate surface area is 122 Å². The Balaban J connectivity index is 2.73. The van der Waals surface area contributed by atoms with Gasteiger partial charge in [-0.15, -0.1) is 0 Å². The Morgan fingerprint density at radius 3 is 2.50 bits per heavy atom. The number of hydrogen-bond donors (Lipinski definition) is 2. The average Bonchev–Trinajstić information content (AvgIpc) is 2.38. The third-order valence-electron chi connectivity index (χ3n) is 3.49. The Bertz CT molecular complexity index is 431. The van der Waals surface area contributed by atoms with Crippen LogP contribution < -0.4 is 16.0 Å². The second kappa shape index (κ2) is 7.78. The van der Waals surface area contributed by atoms with E-state index >= 15 is 0 Å². The highest BCUT2D eigenvalue weighted by Crippen LogP contribution is 2.22. The van der Waals surface area contributed by atoms with Crippen LogP contribution in [0, 0.1) is 5.92 Å². The van der Waals surface area contributed by atoms with E-state index in [0.717, 1.165) is 18.7 Å². The van der Waals surface area contributed by atoms with Gasteiger partial charge in [0, 0.05) is 12.6 Å². The molecule has 1 amide bonds. The molecule has 0 bridgehead atoms. The van der Waals surface area contributed by atoms with E-state index in [1.165, 1.54) is 0 Å². The number of carbonyl (C=O) groups is 1.